The van der Waals surface area contributed by atoms with E-state index in [9.17, 15) is 9.18 Å². The molecule has 11 nitrogen and oxygen atoms in total. The van der Waals surface area contributed by atoms with Gasteiger partial charge in [0.2, 0.25) is 5.95 Å². The van der Waals surface area contributed by atoms with E-state index in [2.05, 4.69) is 37.1 Å². The number of nitrogens with one attached hydrogen (secondary N) is 3. The zero-order valence-electron chi connectivity index (χ0n) is 22.3. The Bertz CT molecular complexity index is 1460. The van der Waals surface area contributed by atoms with Gasteiger partial charge in [-0.05, 0) is 37.6 Å². The fraction of sp³-hybridized carbons (Fsp3) is 0.259. The summed E-state index contributed by atoms with van der Waals surface area (Å²) in [6, 6.07) is 5.83. The van der Waals surface area contributed by atoms with E-state index < -0.39 is 17.6 Å². The number of halogens is 2. The maximum atomic E-state index is 15.2. The van der Waals surface area contributed by atoms with E-state index in [0.29, 0.717) is 41.4 Å². The molecule has 1 aromatic carbocycles. The van der Waals surface area contributed by atoms with Gasteiger partial charge in [-0.15, -0.1) is 0 Å². The average molecular weight is 550 g/mol. The molecule has 1 amide bonds. The maximum absolute atomic E-state index is 15.2. The molecule has 4 rings (SSSR count). The molecule has 0 unspecified atom stereocenters. The van der Waals surface area contributed by atoms with Gasteiger partial charge in [-0.3, -0.25) is 4.79 Å². The number of carbonyl (C=O) groups is 1. The van der Waals surface area contributed by atoms with Gasteiger partial charge in [-0.1, -0.05) is 12.6 Å². The Hall–Kier alpha value is -4.94. The molecule has 0 spiro atoms. The van der Waals surface area contributed by atoms with Crippen LogP contribution in [0.15, 0.2) is 61.0 Å². The Balaban J connectivity index is 1.69. The lowest BCUT2D eigenvalue weighted by atomic mass is 10.1. The van der Waals surface area contributed by atoms with Gasteiger partial charge in [0.1, 0.15) is 5.82 Å². The van der Waals surface area contributed by atoms with Crippen molar-refractivity contribution in [3.63, 3.8) is 0 Å². The molecule has 3 aromatic rings. The van der Waals surface area contributed by atoms with Crippen LogP contribution in [0.3, 0.4) is 0 Å². The first-order chi connectivity index (χ1) is 19.2. The number of ether oxygens (including phenoxy) is 1. The first-order valence-electron chi connectivity index (χ1n) is 12.4. The van der Waals surface area contributed by atoms with Gasteiger partial charge in [0.05, 0.1) is 5.70 Å². The van der Waals surface area contributed by atoms with Crippen molar-refractivity contribution >= 4 is 23.9 Å². The summed E-state index contributed by atoms with van der Waals surface area (Å²) in [6.45, 7) is 7.60. The monoisotopic (exact) mass is 549 g/mol. The molecule has 2 aromatic heterocycles. The third-order valence-corrected chi connectivity index (χ3v) is 6.12. The Morgan fingerprint density at radius 3 is 2.70 bits per heavy atom. The lowest BCUT2D eigenvalue weighted by molar-refractivity contribution is -0.131. The molecule has 3 heterocycles. The van der Waals surface area contributed by atoms with E-state index >= 15 is 4.39 Å². The summed E-state index contributed by atoms with van der Waals surface area (Å²) >= 11 is 0. The number of rotatable bonds is 9. The van der Waals surface area contributed by atoms with Crippen molar-refractivity contribution < 1.29 is 18.3 Å². The van der Waals surface area contributed by atoms with Crippen LogP contribution in [0.5, 0.6) is 11.8 Å². The summed E-state index contributed by atoms with van der Waals surface area (Å²) < 4.78 is 34.3. The summed E-state index contributed by atoms with van der Waals surface area (Å²) in [6.07, 6.45) is 5.76. The van der Waals surface area contributed by atoms with Gasteiger partial charge < -0.3 is 30.6 Å². The van der Waals surface area contributed by atoms with E-state index in [1.165, 1.54) is 23.2 Å². The summed E-state index contributed by atoms with van der Waals surface area (Å²) in [5.74, 6) is -1.76. The molecule has 1 saturated heterocycles. The van der Waals surface area contributed by atoms with Gasteiger partial charge in [0, 0.05) is 68.8 Å². The van der Waals surface area contributed by atoms with Gasteiger partial charge in [0.15, 0.2) is 17.4 Å². The number of carbonyl (C=O) groups excluding carboxylic acids is 1. The van der Waals surface area contributed by atoms with Crippen LogP contribution in [0, 0.1) is 18.2 Å². The lowest BCUT2D eigenvalue weighted by Gasteiger charge is -2.40. The van der Waals surface area contributed by atoms with Crippen molar-refractivity contribution in [3.8, 4) is 22.9 Å². The first-order valence-corrected chi connectivity index (χ1v) is 12.4. The van der Waals surface area contributed by atoms with Crippen molar-refractivity contribution in [1.82, 2.24) is 30.2 Å². The van der Waals surface area contributed by atoms with Crippen LogP contribution >= 0.6 is 0 Å². The fourth-order valence-electron chi connectivity index (χ4n) is 4.21. The van der Waals surface area contributed by atoms with E-state index in [1.54, 1.807) is 45.4 Å². The minimum Gasteiger partial charge on any atom is -0.421 e. The summed E-state index contributed by atoms with van der Waals surface area (Å²) in [5.41, 5.74) is 2.11. The van der Waals surface area contributed by atoms with Crippen LogP contribution in [-0.4, -0.2) is 69.7 Å². The SMILES string of the molecule is C=C(F)C(=O)N1CCN(c2nc(N/C(C=N)=C/NC)ncc2-c2ccc(Oc3nccc(C)n3)c(F)c2)C[C@H]1C. The zero-order chi connectivity index (χ0) is 28.8. The van der Waals surface area contributed by atoms with E-state index in [4.69, 9.17) is 10.1 Å². The van der Waals surface area contributed by atoms with Crippen molar-refractivity contribution in [2.75, 3.05) is 36.9 Å². The number of anilines is 2. The van der Waals surface area contributed by atoms with Gasteiger partial charge >= 0.3 is 6.01 Å². The second-order valence-corrected chi connectivity index (χ2v) is 9.01. The van der Waals surface area contributed by atoms with E-state index in [-0.39, 0.29) is 30.3 Å². The van der Waals surface area contributed by atoms with Crippen LogP contribution < -0.4 is 20.3 Å². The summed E-state index contributed by atoms with van der Waals surface area (Å²) in [7, 11) is 1.70. The highest BCUT2D eigenvalue weighted by Crippen LogP contribution is 2.34. The molecule has 13 heteroatoms. The summed E-state index contributed by atoms with van der Waals surface area (Å²) in [4.78, 5) is 32.8. The molecule has 0 bridgehead atoms. The predicted molar refractivity (Wildman–Crippen MR) is 147 cm³/mol. The van der Waals surface area contributed by atoms with Gasteiger partial charge in [-0.25, -0.2) is 23.7 Å². The smallest absolute Gasteiger partial charge is 0.322 e. The largest absolute Gasteiger partial charge is 0.421 e. The quantitative estimate of drug-likeness (QED) is 0.269. The second kappa shape index (κ2) is 12.3. The summed E-state index contributed by atoms with van der Waals surface area (Å²) in [5, 5.41) is 13.4. The van der Waals surface area contributed by atoms with Crippen molar-refractivity contribution in [2.45, 2.75) is 19.9 Å². The number of amides is 1. The first kappa shape index (κ1) is 28.1. The molecule has 40 heavy (non-hydrogen) atoms. The maximum Gasteiger partial charge on any atom is 0.322 e. The highest BCUT2D eigenvalue weighted by Gasteiger charge is 2.31. The highest BCUT2D eigenvalue weighted by atomic mass is 19.1. The van der Waals surface area contributed by atoms with Gasteiger partial charge in [-0.2, -0.15) is 4.98 Å². The van der Waals surface area contributed by atoms with E-state index in [0.717, 1.165) is 6.21 Å². The molecule has 208 valence electrons. The van der Waals surface area contributed by atoms with Crippen LogP contribution in [0.4, 0.5) is 20.5 Å². The Kier molecular flexibility index (Phi) is 8.62. The zero-order valence-corrected chi connectivity index (χ0v) is 22.3. The standard InChI is InChI=1S/C27H29F2N9O2/c1-16-7-8-32-27(34-16)40-23-6-5-19(11-22(23)29)21-14-33-26(35-20(12-30)13-31-4)36-24(21)37-9-10-38(17(2)15-37)25(39)18(3)28/h5-8,11-14,17,30-31H,3,9-10,15H2,1-2,4H3,(H,33,35,36)/b20-13+,30-12?/t17-/m1/s1. The van der Waals surface area contributed by atoms with Crippen LogP contribution in [0.25, 0.3) is 11.1 Å². The van der Waals surface area contributed by atoms with Crippen LogP contribution in [0.2, 0.25) is 0 Å². The number of aromatic nitrogens is 4. The molecular weight excluding hydrogens is 520 g/mol. The molecule has 1 atom stereocenters. The van der Waals surface area contributed by atoms with Crippen molar-refractivity contribution in [3.05, 3.63) is 72.5 Å². The number of allylic oxidation sites excluding steroid dienone is 1. The molecule has 0 aliphatic carbocycles. The van der Waals surface area contributed by atoms with Crippen LogP contribution in [0.1, 0.15) is 12.6 Å². The van der Waals surface area contributed by atoms with E-state index in [1.807, 2.05) is 4.90 Å². The predicted octanol–water partition coefficient (Wildman–Crippen LogP) is 3.82. The number of piperazine rings is 1. The fourth-order valence-corrected chi connectivity index (χ4v) is 4.21. The molecule has 1 aliphatic heterocycles. The molecule has 0 radical (unpaired) electrons. The van der Waals surface area contributed by atoms with Gasteiger partial charge in [0.25, 0.3) is 5.91 Å². The second-order valence-electron chi connectivity index (χ2n) is 9.01. The van der Waals surface area contributed by atoms with Crippen molar-refractivity contribution in [1.29, 1.82) is 5.41 Å². The normalized spacial score (nSPS) is 15.4. The third-order valence-electron chi connectivity index (χ3n) is 6.12. The number of aryl methyl sites for hydroxylation is 1. The molecule has 3 N–H and O–H groups in total. The Labute approximate surface area is 230 Å². The minimum atomic E-state index is -1.01. The molecular formula is C27H29F2N9O2. The number of benzene rings is 1. The molecule has 1 fully saturated rings. The third kappa shape index (κ3) is 6.37. The molecule has 1 aliphatic rings. The van der Waals surface area contributed by atoms with Crippen LogP contribution in [-0.2, 0) is 4.79 Å². The number of nitrogens with zero attached hydrogens (tertiary/aromatic N) is 6. The average Bonchev–Trinajstić information content (AvgIpc) is 2.93. The highest BCUT2D eigenvalue weighted by molar-refractivity contribution is 5.91. The molecule has 0 saturated carbocycles. The Morgan fingerprint density at radius 2 is 2.05 bits per heavy atom. The number of hydrogen-bond donors (Lipinski definition) is 3. The van der Waals surface area contributed by atoms with Crippen molar-refractivity contribution in [2.24, 2.45) is 0 Å². The topological polar surface area (TPSA) is 132 Å². The lowest BCUT2D eigenvalue weighted by Crippen LogP contribution is -2.54. The Morgan fingerprint density at radius 1 is 1.25 bits per heavy atom. The minimum absolute atomic E-state index is 0.0279. The number of hydrogen-bond acceptors (Lipinski definition) is 10.